The summed E-state index contributed by atoms with van der Waals surface area (Å²) in [4.78, 5) is 0. The van der Waals surface area contributed by atoms with Crippen LogP contribution < -0.4 is 16.0 Å². The predicted octanol–water partition coefficient (Wildman–Crippen LogP) is 2.93. The zero-order valence-corrected chi connectivity index (χ0v) is 13.0. The molecule has 0 bridgehead atoms. The SMILES string of the molecule is COc1ccc(C(NN)C2(OC)CCCC(C)C2)cc1F. The van der Waals surface area contributed by atoms with Crippen molar-refractivity contribution in [2.24, 2.45) is 11.8 Å². The summed E-state index contributed by atoms with van der Waals surface area (Å²) < 4.78 is 24.8. The zero-order valence-electron chi connectivity index (χ0n) is 13.0. The molecule has 1 aliphatic carbocycles. The van der Waals surface area contributed by atoms with Gasteiger partial charge in [0.15, 0.2) is 11.6 Å². The van der Waals surface area contributed by atoms with Gasteiger partial charge in [0.25, 0.3) is 0 Å². The van der Waals surface area contributed by atoms with Gasteiger partial charge in [0.2, 0.25) is 0 Å². The Balaban J connectivity index is 2.35. The molecular formula is C16H25FN2O2. The van der Waals surface area contributed by atoms with Crippen molar-refractivity contribution >= 4 is 0 Å². The van der Waals surface area contributed by atoms with E-state index in [2.05, 4.69) is 12.3 Å². The monoisotopic (exact) mass is 296 g/mol. The molecule has 2 rings (SSSR count). The summed E-state index contributed by atoms with van der Waals surface area (Å²) in [5.74, 6) is 6.20. The van der Waals surface area contributed by atoms with E-state index in [9.17, 15) is 4.39 Å². The van der Waals surface area contributed by atoms with Gasteiger partial charge in [-0.15, -0.1) is 0 Å². The molecule has 1 saturated carbocycles. The molecule has 118 valence electrons. The fourth-order valence-corrected chi connectivity index (χ4v) is 3.52. The molecule has 1 aromatic rings. The second-order valence-corrected chi connectivity index (χ2v) is 5.96. The molecule has 0 saturated heterocycles. The number of hydrazine groups is 1. The van der Waals surface area contributed by atoms with E-state index in [0.29, 0.717) is 5.92 Å². The Morgan fingerprint density at radius 3 is 2.71 bits per heavy atom. The first kappa shape index (κ1) is 16.2. The highest BCUT2D eigenvalue weighted by Crippen LogP contribution is 2.43. The van der Waals surface area contributed by atoms with Crippen LogP contribution in [0, 0.1) is 11.7 Å². The van der Waals surface area contributed by atoms with Crippen LogP contribution >= 0.6 is 0 Å². The molecular weight excluding hydrogens is 271 g/mol. The summed E-state index contributed by atoms with van der Waals surface area (Å²) in [5.41, 5.74) is 3.22. The van der Waals surface area contributed by atoms with Gasteiger partial charge in [-0.1, -0.05) is 25.8 Å². The largest absolute Gasteiger partial charge is 0.494 e. The van der Waals surface area contributed by atoms with Crippen LogP contribution in [0.4, 0.5) is 4.39 Å². The lowest BCUT2D eigenvalue weighted by molar-refractivity contribution is -0.0807. The summed E-state index contributed by atoms with van der Waals surface area (Å²) in [6, 6.07) is 4.70. The van der Waals surface area contributed by atoms with Gasteiger partial charge in [-0.2, -0.15) is 0 Å². The molecule has 1 aromatic carbocycles. The number of nitrogens with two attached hydrogens (primary N) is 1. The fourth-order valence-electron chi connectivity index (χ4n) is 3.52. The number of hydrogen-bond donors (Lipinski definition) is 2. The Morgan fingerprint density at radius 2 is 2.19 bits per heavy atom. The third-order valence-corrected chi connectivity index (χ3v) is 4.60. The smallest absolute Gasteiger partial charge is 0.165 e. The number of nitrogens with one attached hydrogen (secondary N) is 1. The Bertz CT molecular complexity index is 483. The summed E-state index contributed by atoms with van der Waals surface area (Å²) in [7, 11) is 3.17. The maximum atomic E-state index is 14.0. The average Bonchev–Trinajstić information content (AvgIpc) is 2.48. The first-order valence-corrected chi connectivity index (χ1v) is 7.41. The van der Waals surface area contributed by atoms with E-state index in [1.54, 1.807) is 13.2 Å². The lowest BCUT2D eigenvalue weighted by Gasteiger charge is -2.44. The summed E-state index contributed by atoms with van der Waals surface area (Å²) in [5, 5.41) is 0. The molecule has 0 radical (unpaired) electrons. The van der Waals surface area contributed by atoms with Crippen LogP contribution in [0.25, 0.3) is 0 Å². The van der Waals surface area contributed by atoms with Crippen LogP contribution in [0.15, 0.2) is 18.2 Å². The number of halogens is 1. The quantitative estimate of drug-likeness (QED) is 0.648. The van der Waals surface area contributed by atoms with E-state index in [1.807, 2.05) is 6.07 Å². The number of rotatable bonds is 5. The van der Waals surface area contributed by atoms with E-state index in [0.717, 1.165) is 24.8 Å². The van der Waals surface area contributed by atoms with E-state index in [-0.39, 0.29) is 17.6 Å². The molecule has 21 heavy (non-hydrogen) atoms. The van der Waals surface area contributed by atoms with E-state index in [1.165, 1.54) is 19.6 Å². The van der Waals surface area contributed by atoms with Crippen LogP contribution in [0.2, 0.25) is 0 Å². The molecule has 0 spiro atoms. The van der Waals surface area contributed by atoms with Crippen molar-refractivity contribution in [3.8, 4) is 5.75 Å². The van der Waals surface area contributed by atoms with Gasteiger partial charge in [0, 0.05) is 7.11 Å². The standard InChI is InChI=1S/C16H25FN2O2/c1-11-5-4-8-16(10-11,21-3)15(19-18)12-6-7-14(20-2)13(17)9-12/h6-7,9,11,15,19H,4-5,8,10,18H2,1-3H3. The number of methoxy groups -OCH3 is 2. The molecule has 5 heteroatoms. The van der Waals surface area contributed by atoms with Crippen molar-refractivity contribution in [1.29, 1.82) is 0 Å². The van der Waals surface area contributed by atoms with E-state index < -0.39 is 5.60 Å². The normalized spacial score (nSPS) is 27.4. The van der Waals surface area contributed by atoms with Crippen molar-refractivity contribution in [2.45, 2.75) is 44.2 Å². The maximum absolute atomic E-state index is 14.0. The highest BCUT2D eigenvalue weighted by Gasteiger charge is 2.42. The molecule has 0 aromatic heterocycles. The van der Waals surface area contributed by atoms with Crippen molar-refractivity contribution in [3.63, 3.8) is 0 Å². The van der Waals surface area contributed by atoms with Gasteiger partial charge in [-0.05, 0) is 36.5 Å². The molecule has 1 aliphatic rings. The van der Waals surface area contributed by atoms with Gasteiger partial charge in [0.05, 0.1) is 18.8 Å². The summed E-state index contributed by atoms with van der Waals surface area (Å²) >= 11 is 0. The topological polar surface area (TPSA) is 56.5 Å². The molecule has 4 nitrogen and oxygen atoms in total. The minimum Gasteiger partial charge on any atom is -0.494 e. The van der Waals surface area contributed by atoms with Crippen LogP contribution in [0.1, 0.15) is 44.2 Å². The second kappa shape index (κ2) is 6.73. The first-order valence-electron chi connectivity index (χ1n) is 7.41. The molecule has 0 aliphatic heterocycles. The van der Waals surface area contributed by atoms with Crippen LogP contribution in [-0.2, 0) is 4.74 Å². The highest BCUT2D eigenvalue weighted by atomic mass is 19.1. The van der Waals surface area contributed by atoms with Crippen molar-refractivity contribution in [3.05, 3.63) is 29.6 Å². The van der Waals surface area contributed by atoms with Crippen LogP contribution in [0.5, 0.6) is 5.75 Å². The molecule has 0 amide bonds. The molecule has 3 atom stereocenters. The summed E-state index contributed by atoms with van der Waals surface area (Å²) in [6.07, 6.45) is 4.10. The number of ether oxygens (including phenoxy) is 2. The Morgan fingerprint density at radius 1 is 1.43 bits per heavy atom. The summed E-state index contributed by atoms with van der Waals surface area (Å²) in [6.45, 7) is 2.22. The Labute approximate surface area is 125 Å². The van der Waals surface area contributed by atoms with Gasteiger partial charge in [-0.25, -0.2) is 4.39 Å². The van der Waals surface area contributed by atoms with Crippen LogP contribution in [0.3, 0.4) is 0 Å². The third kappa shape index (κ3) is 3.20. The van der Waals surface area contributed by atoms with Crippen molar-refractivity contribution < 1.29 is 13.9 Å². The molecule has 1 fully saturated rings. The molecule has 3 unspecified atom stereocenters. The lowest BCUT2D eigenvalue weighted by Crippen LogP contribution is -2.50. The van der Waals surface area contributed by atoms with Gasteiger partial charge >= 0.3 is 0 Å². The van der Waals surface area contributed by atoms with Gasteiger partial charge in [0.1, 0.15) is 0 Å². The molecule has 3 N–H and O–H groups in total. The fraction of sp³-hybridized carbons (Fsp3) is 0.625. The van der Waals surface area contributed by atoms with Gasteiger partial charge in [-0.3, -0.25) is 11.3 Å². The van der Waals surface area contributed by atoms with E-state index in [4.69, 9.17) is 15.3 Å². The minimum atomic E-state index is -0.395. The van der Waals surface area contributed by atoms with Crippen molar-refractivity contribution in [2.75, 3.05) is 14.2 Å². The van der Waals surface area contributed by atoms with E-state index >= 15 is 0 Å². The molecule has 0 heterocycles. The average molecular weight is 296 g/mol. The second-order valence-electron chi connectivity index (χ2n) is 5.96. The predicted molar refractivity (Wildman–Crippen MR) is 80.4 cm³/mol. The number of hydrogen-bond acceptors (Lipinski definition) is 4. The number of benzene rings is 1. The highest BCUT2D eigenvalue weighted by molar-refractivity contribution is 5.32. The van der Waals surface area contributed by atoms with Crippen molar-refractivity contribution in [1.82, 2.24) is 5.43 Å². The Kier molecular flexibility index (Phi) is 5.19. The third-order valence-electron chi connectivity index (χ3n) is 4.60. The Hall–Kier alpha value is -1.17. The van der Waals surface area contributed by atoms with Crippen LogP contribution in [-0.4, -0.2) is 19.8 Å². The minimum absolute atomic E-state index is 0.234. The lowest BCUT2D eigenvalue weighted by atomic mass is 9.73. The zero-order chi connectivity index (χ0) is 15.5. The maximum Gasteiger partial charge on any atom is 0.165 e. The van der Waals surface area contributed by atoms with Gasteiger partial charge < -0.3 is 9.47 Å². The first-order chi connectivity index (χ1) is 10.1.